The van der Waals surface area contributed by atoms with Crippen molar-refractivity contribution in [2.45, 2.75) is 236 Å². The molecule has 0 heterocycles. The van der Waals surface area contributed by atoms with Crippen LogP contribution in [0.15, 0.2) is 0 Å². The van der Waals surface area contributed by atoms with Crippen LogP contribution in [-0.2, 0) is 20.0 Å². The molecule has 0 spiro atoms. The molecule has 57 heavy (non-hydrogen) atoms. The summed E-state index contributed by atoms with van der Waals surface area (Å²) >= 11 is 0. The zero-order valence-electron chi connectivity index (χ0n) is 36.5. The molecule has 0 atom stereocenters. The van der Waals surface area contributed by atoms with Crippen LogP contribution in [0.25, 0.3) is 0 Å². The molecule has 0 unspecified atom stereocenters. The van der Waals surface area contributed by atoms with E-state index in [0.29, 0.717) is 103 Å². The Bertz CT molecular complexity index is 1200. The lowest BCUT2D eigenvalue weighted by Crippen LogP contribution is -2.58. The van der Waals surface area contributed by atoms with E-state index in [1.807, 2.05) is 13.8 Å². The smallest absolute Gasteiger partial charge is 0.210 e. The summed E-state index contributed by atoms with van der Waals surface area (Å²) in [5, 5.41) is 35.5. The monoisotopic (exact) mass is 835 g/mol. The van der Waals surface area contributed by atoms with E-state index in [4.69, 9.17) is 21.0 Å². The first-order valence-electron chi connectivity index (χ1n) is 23.1. The van der Waals surface area contributed by atoms with Crippen LogP contribution in [0.1, 0.15) is 232 Å². The molecule has 10 nitrogen and oxygen atoms in total. The van der Waals surface area contributed by atoms with E-state index in [0.717, 1.165) is 128 Å². The lowest BCUT2D eigenvalue weighted by Gasteiger charge is -2.41. The largest absolute Gasteiger partial charge is 0.235 e. The Kier molecular flexibility index (Phi) is 35.4. The zero-order valence-corrected chi connectivity index (χ0v) is 38.1. The molecule has 0 saturated heterocycles. The molecule has 0 aliphatic rings. The van der Waals surface area contributed by atoms with Crippen molar-refractivity contribution in [3.05, 3.63) is 0 Å². The van der Waals surface area contributed by atoms with Crippen molar-refractivity contribution >= 4 is 20.0 Å². The standard InChI is InChI=1S/C45H82N6O4S2/c1-3-5-35-45(36-6-4-2,56(52,53)50(41-31-23-15-7-11-19-27-37-46)42-32-24-16-8-12-20-28-38-47)57(54,55)51(43-33-25-17-9-13-21-29-39-48)44-34-26-18-10-14-22-30-40-49/h3-36,41-44H2,1-2H3. The maximum absolute atomic E-state index is 15.4. The van der Waals surface area contributed by atoms with Crippen molar-refractivity contribution in [3.63, 3.8) is 0 Å². The third-order valence-electron chi connectivity index (χ3n) is 11.2. The third-order valence-corrected chi connectivity index (χ3v) is 17.3. The van der Waals surface area contributed by atoms with E-state index in [-0.39, 0.29) is 12.8 Å². The molecule has 0 aliphatic carbocycles. The van der Waals surface area contributed by atoms with Gasteiger partial charge in [0.1, 0.15) is 0 Å². The second-order valence-corrected chi connectivity index (χ2v) is 20.8. The van der Waals surface area contributed by atoms with E-state index in [2.05, 4.69) is 24.3 Å². The second-order valence-electron chi connectivity index (χ2n) is 16.0. The van der Waals surface area contributed by atoms with Crippen molar-refractivity contribution in [1.82, 2.24) is 8.61 Å². The van der Waals surface area contributed by atoms with Gasteiger partial charge in [-0.2, -0.15) is 21.0 Å². The molecular formula is C45H82N6O4S2. The molecule has 0 N–H and O–H groups in total. The number of sulfonamides is 2. The van der Waals surface area contributed by atoms with Gasteiger partial charge < -0.3 is 0 Å². The molecule has 0 radical (unpaired) electrons. The number of nitrogens with zero attached hydrogens (tertiary/aromatic N) is 6. The van der Waals surface area contributed by atoms with E-state index < -0.39 is 24.1 Å². The lowest BCUT2D eigenvalue weighted by molar-refractivity contribution is 0.344. The quantitative estimate of drug-likeness (QED) is 0.0547. The number of unbranched alkanes of at least 4 members (excludes halogenated alkanes) is 26. The Balaban J connectivity index is 6.55. The highest BCUT2D eigenvalue weighted by atomic mass is 32.3. The highest BCUT2D eigenvalue weighted by Gasteiger charge is 2.58. The Morgan fingerprint density at radius 1 is 0.351 bits per heavy atom. The van der Waals surface area contributed by atoms with Crippen molar-refractivity contribution in [1.29, 1.82) is 21.0 Å². The maximum atomic E-state index is 15.4. The maximum Gasteiger partial charge on any atom is 0.235 e. The van der Waals surface area contributed by atoms with Crippen LogP contribution in [0.5, 0.6) is 0 Å². The normalized spacial score (nSPS) is 12.1. The van der Waals surface area contributed by atoms with Gasteiger partial charge in [0, 0.05) is 51.9 Å². The van der Waals surface area contributed by atoms with Crippen molar-refractivity contribution in [2.24, 2.45) is 0 Å². The number of hydrogen-bond donors (Lipinski definition) is 0. The van der Waals surface area contributed by atoms with Gasteiger partial charge in [0.2, 0.25) is 24.1 Å². The summed E-state index contributed by atoms with van der Waals surface area (Å²) in [7, 11) is -8.60. The summed E-state index contributed by atoms with van der Waals surface area (Å²) in [6.07, 6.45) is 26.3. The van der Waals surface area contributed by atoms with Gasteiger partial charge in [-0.3, -0.25) is 0 Å². The average Bonchev–Trinajstić information content (AvgIpc) is 3.19. The first-order valence-corrected chi connectivity index (χ1v) is 26.0. The van der Waals surface area contributed by atoms with Gasteiger partial charge in [0.25, 0.3) is 0 Å². The number of rotatable bonds is 42. The van der Waals surface area contributed by atoms with E-state index in [1.54, 1.807) is 8.61 Å². The van der Waals surface area contributed by atoms with Crippen molar-refractivity contribution in [3.8, 4) is 24.3 Å². The third kappa shape index (κ3) is 23.8. The first kappa shape index (κ1) is 54.8. The minimum Gasteiger partial charge on any atom is -0.210 e. The highest BCUT2D eigenvalue weighted by Crippen LogP contribution is 2.41. The van der Waals surface area contributed by atoms with Gasteiger partial charge in [0.15, 0.2) is 0 Å². The van der Waals surface area contributed by atoms with Gasteiger partial charge in [0.05, 0.1) is 24.3 Å². The fourth-order valence-corrected chi connectivity index (χ4v) is 13.4. The molecular weight excluding hydrogens is 753 g/mol. The minimum atomic E-state index is -4.30. The van der Waals surface area contributed by atoms with E-state index >= 15 is 16.8 Å². The van der Waals surface area contributed by atoms with Crippen molar-refractivity contribution in [2.75, 3.05) is 26.2 Å². The molecule has 0 rings (SSSR count). The molecule has 0 aromatic heterocycles. The molecule has 328 valence electrons. The molecule has 0 aromatic rings. The molecule has 0 amide bonds. The van der Waals surface area contributed by atoms with Crippen LogP contribution in [0.3, 0.4) is 0 Å². The summed E-state index contributed by atoms with van der Waals surface area (Å²) in [5.41, 5.74) is 0. The lowest BCUT2D eigenvalue weighted by atomic mass is 10.1. The molecule has 0 fully saturated rings. The summed E-state index contributed by atoms with van der Waals surface area (Å²) in [4.78, 5) is 0. The van der Waals surface area contributed by atoms with Crippen LogP contribution >= 0.6 is 0 Å². The Hall–Kier alpha value is -2.22. The fraction of sp³-hybridized carbons (Fsp3) is 0.911. The van der Waals surface area contributed by atoms with Crippen LogP contribution in [0.2, 0.25) is 0 Å². The number of hydrogen-bond acceptors (Lipinski definition) is 8. The predicted molar refractivity (Wildman–Crippen MR) is 234 cm³/mol. The van der Waals surface area contributed by atoms with Gasteiger partial charge >= 0.3 is 0 Å². The van der Waals surface area contributed by atoms with E-state index in [1.165, 1.54) is 0 Å². The van der Waals surface area contributed by atoms with Crippen LogP contribution in [-0.4, -0.2) is 55.7 Å². The van der Waals surface area contributed by atoms with E-state index in [9.17, 15) is 0 Å². The number of nitriles is 4. The summed E-state index contributed by atoms with van der Waals surface area (Å²) in [6, 6.07) is 8.80. The van der Waals surface area contributed by atoms with Crippen LogP contribution in [0, 0.1) is 45.3 Å². The first-order chi connectivity index (χ1) is 27.7. The summed E-state index contributed by atoms with van der Waals surface area (Å²) < 4.78 is 62.9. The van der Waals surface area contributed by atoms with Gasteiger partial charge in [-0.05, 0) is 64.2 Å². The van der Waals surface area contributed by atoms with Crippen molar-refractivity contribution < 1.29 is 16.8 Å². The molecule has 0 aromatic carbocycles. The molecule has 0 saturated carbocycles. The van der Waals surface area contributed by atoms with Gasteiger partial charge in [-0.1, -0.05) is 142 Å². The topological polar surface area (TPSA) is 170 Å². The Labute approximate surface area is 351 Å². The van der Waals surface area contributed by atoms with Gasteiger partial charge in [-0.25, -0.2) is 25.4 Å². The minimum absolute atomic E-state index is 0.0940. The fourth-order valence-electron chi connectivity index (χ4n) is 7.64. The zero-order chi connectivity index (χ0) is 42.4. The molecule has 0 bridgehead atoms. The predicted octanol–water partition coefficient (Wildman–Crippen LogP) is 12.3. The summed E-state index contributed by atoms with van der Waals surface area (Å²) in [6.45, 7) is 5.26. The SMILES string of the molecule is CCCCC(CCCC)(S(=O)(=O)N(CCCCCCCCC#N)CCCCCCCCC#N)S(=O)(=O)N(CCCCCCCCC#N)CCCCCCCCC#N. The van der Waals surface area contributed by atoms with Gasteiger partial charge in [-0.15, -0.1) is 0 Å². The molecule has 12 heteroatoms. The summed E-state index contributed by atoms with van der Waals surface area (Å²) in [5.74, 6) is 0. The Morgan fingerprint density at radius 3 is 0.772 bits per heavy atom. The van der Waals surface area contributed by atoms with Crippen LogP contribution in [0.4, 0.5) is 0 Å². The highest BCUT2D eigenvalue weighted by molar-refractivity contribution is 8.08. The molecule has 0 aliphatic heterocycles. The average molecular weight is 835 g/mol. The van der Waals surface area contributed by atoms with Crippen LogP contribution < -0.4 is 0 Å². The second kappa shape index (κ2) is 36.8. The Morgan fingerprint density at radius 2 is 0.561 bits per heavy atom.